The van der Waals surface area contributed by atoms with E-state index in [-0.39, 0.29) is 6.10 Å². The zero-order chi connectivity index (χ0) is 19.9. The number of benzene rings is 1. The summed E-state index contributed by atoms with van der Waals surface area (Å²) >= 11 is 1.63. The number of nitrogens with one attached hydrogen (secondary N) is 1. The summed E-state index contributed by atoms with van der Waals surface area (Å²) in [4.78, 5) is 11.2. The minimum atomic E-state index is 0.0219. The van der Waals surface area contributed by atoms with E-state index in [1.165, 1.54) is 12.8 Å². The minimum Gasteiger partial charge on any atom is -0.493 e. The number of nitrogens with zero attached hydrogens (tertiary/aromatic N) is 3. The molecular weight excluding hydrogens is 372 g/mol. The van der Waals surface area contributed by atoms with Gasteiger partial charge in [0.2, 0.25) is 0 Å². The summed E-state index contributed by atoms with van der Waals surface area (Å²) in [6.45, 7) is 4.18. The topological polar surface area (TPSA) is 59.0 Å². The van der Waals surface area contributed by atoms with Gasteiger partial charge in [-0.1, -0.05) is 18.2 Å². The lowest BCUT2D eigenvalue weighted by Gasteiger charge is -2.22. The van der Waals surface area contributed by atoms with Gasteiger partial charge < -0.3 is 19.7 Å². The first kappa shape index (κ1) is 20.6. The van der Waals surface area contributed by atoms with E-state index in [2.05, 4.69) is 31.6 Å². The van der Waals surface area contributed by atoms with Crippen LogP contribution in [0.15, 0.2) is 34.6 Å². The molecule has 152 valence electrons. The van der Waals surface area contributed by atoms with Crippen molar-refractivity contribution in [3.8, 4) is 5.75 Å². The first-order chi connectivity index (χ1) is 13.6. The number of thiazole rings is 1. The van der Waals surface area contributed by atoms with E-state index in [0.29, 0.717) is 13.1 Å². The number of aromatic nitrogens is 1. The van der Waals surface area contributed by atoms with Crippen LogP contribution in [-0.4, -0.2) is 43.7 Å². The molecule has 1 atom stereocenters. The Morgan fingerprint density at radius 2 is 2.18 bits per heavy atom. The van der Waals surface area contributed by atoms with Gasteiger partial charge in [0.05, 0.1) is 18.8 Å². The fraction of sp³-hybridized carbons (Fsp3) is 0.524. The van der Waals surface area contributed by atoms with Gasteiger partial charge in [0.25, 0.3) is 0 Å². The highest BCUT2D eigenvalue weighted by atomic mass is 32.1. The van der Waals surface area contributed by atoms with Crippen LogP contribution in [0.1, 0.15) is 42.1 Å². The Morgan fingerprint density at radius 3 is 2.89 bits per heavy atom. The van der Waals surface area contributed by atoms with E-state index in [9.17, 15) is 0 Å². The number of methoxy groups -OCH3 is 1. The maximum Gasteiger partial charge on any atom is 0.194 e. The molecule has 28 heavy (non-hydrogen) atoms. The van der Waals surface area contributed by atoms with E-state index in [4.69, 9.17) is 9.47 Å². The van der Waals surface area contributed by atoms with Gasteiger partial charge in [0, 0.05) is 38.7 Å². The van der Waals surface area contributed by atoms with Crippen molar-refractivity contribution in [1.29, 1.82) is 0 Å². The second kappa shape index (κ2) is 9.89. The molecule has 7 heteroatoms. The zero-order valence-electron chi connectivity index (χ0n) is 17.1. The molecule has 1 heterocycles. The van der Waals surface area contributed by atoms with E-state index in [0.717, 1.165) is 40.5 Å². The van der Waals surface area contributed by atoms with Crippen LogP contribution >= 0.6 is 11.3 Å². The normalized spacial score (nSPS) is 15.4. The molecule has 0 saturated heterocycles. The molecule has 1 aromatic heterocycles. The Hall–Kier alpha value is -2.12. The molecule has 0 radical (unpaired) electrons. The Balaban J connectivity index is 1.56. The third kappa shape index (κ3) is 5.69. The number of guanidine groups is 1. The maximum absolute atomic E-state index is 6.00. The van der Waals surface area contributed by atoms with Gasteiger partial charge in [-0.05, 0) is 31.7 Å². The van der Waals surface area contributed by atoms with Crippen LogP contribution in [0.4, 0.5) is 0 Å². The van der Waals surface area contributed by atoms with Crippen LogP contribution in [-0.2, 0) is 17.8 Å². The Kier molecular flexibility index (Phi) is 7.28. The molecule has 1 fully saturated rings. The molecular formula is C21H30N4O2S. The molecule has 1 N–H and O–H groups in total. The van der Waals surface area contributed by atoms with Gasteiger partial charge in [-0.3, -0.25) is 4.99 Å². The summed E-state index contributed by atoms with van der Waals surface area (Å²) in [5.74, 6) is 2.52. The Morgan fingerprint density at radius 1 is 1.39 bits per heavy atom. The fourth-order valence-electron chi connectivity index (χ4n) is 2.84. The molecule has 2 aromatic rings. The largest absolute Gasteiger partial charge is 0.493 e. The first-order valence-electron chi connectivity index (χ1n) is 9.70. The van der Waals surface area contributed by atoms with Crippen molar-refractivity contribution < 1.29 is 9.47 Å². The molecule has 0 amide bonds. The van der Waals surface area contributed by atoms with Gasteiger partial charge in [0.1, 0.15) is 16.9 Å². The van der Waals surface area contributed by atoms with E-state index in [1.807, 2.05) is 32.2 Å². The van der Waals surface area contributed by atoms with Crippen LogP contribution in [0.2, 0.25) is 0 Å². The number of hydrogen-bond acceptors (Lipinski definition) is 5. The summed E-state index contributed by atoms with van der Waals surface area (Å²) < 4.78 is 11.4. The predicted molar refractivity (Wildman–Crippen MR) is 114 cm³/mol. The average molecular weight is 403 g/mol. The number of para-hydroxylation sites is 1. The monoisotopic (exact) mass is 402 g/mol. The summed E-state index contributed by atoms with van der Waals surface area (Å²) in [5, 5.41) is 6.51. The zero-order valence-corrected chi connectivity index (χ0v) is 18.0. The van der Waals surface area contributed by atoms with Crippen molar-refractivity contribution in [2.75, 3.05) is 27.8 Å². The molecule has 1 aromatic carbocycles. The highest BCUT2D eigenvalue weighted by molar-refractivity contribution is 7.09. The third-order valence-corrected chi connectivity index (χ3v) is 5.88. The number of rotatable bonds is 9. The van der Waals surface area contributed by atoms with Gasteiger partial charge in [0.15, 0.2) is 5.96 Å². The maximum atomic E-state index is 6.00. The quantitative estimate of drug-likeness (QED) is 0.510. The predicted octanol–water partition coefficient (Wildman–Crippen LogP) is 3.85. The van der Waals surface area contributed by atoms with Crippen molar-refractivity contribution in [3.63, 3.8) is 0 Å². The Bertz CT molecular complexity index is 788. The number of aliphatic imine (C=N–C) groups is 1. The van der Waals surface area contributed by atoms with E-state index in [1.54, 1.807) is 25.5 Å². The SMILES string of the molecule is CN=C(NCc1ccccc1OCC1CC1)N(C)Cc1csc(C(C)OC)n1. The molecule has 0 spiro atoms. The average Bonchev–Trinajstić information content (AvgIpc) is 3.43. The van der Waals surface area contributed by atoms with E-state index >= 15 is 0 Å². The molecule has 1 aliphatic carbocycles. The summed E-state index contributed by atoms with van der Waals surface area (Å²) in [6, 6.07) is 8.20. The van der Waals surface area contributed by atoms with Gasteiger partial charge >= 0.3 is 0 Å². The van der Waals surface area contributed by atoms with Crippen molar-refractivity contribution in [3.05, 3.63) is 45.9 Å². The first-order valence-corrected chi connectivity index (χ1v) is 10.6. The Labute approximate surface area is 171 Å². The lowest BCUT2D eigenvalue weighted by atomic mass is 10.2. The summed E-state index contributed by atoms with van der Waals surface area (Å²) in [5.41, 5.74) is 2.16. The van der Waals surface area contributed by atoms with Crippen molar-refractivity contribution in [2.24, 2.45) is 10.9 Å². The summed E-state index contributed by atoms with van der Waals surface area (Å²) in [7, 11) is 5.52. The highest BCUT2D eigenvalue weighted by Crippen LogP contribution is 2.30. The van der Waals surface area contributed by atoms with Crippen molar-refractivity contribution >= 4 is 17.3 Å². The van der Waals surface area contributed by atoms with Crippen LogP contribution in [0.25, 0.3) is 0 Å². The highest BCUT2D eigenvalue weighted by Gasteiger charge is 2.22. The van der Waals surface area contributed by atoms with Crippen LogP contribution in [0.5, 0.6) is 5.75 Å². The minimum absolute atomic E-state index is 0.0219. The molecule has 0 bridgehead atoms. The van der Waals surface area contributed by atoms with Gasteiger partial charge in [-0.15, -0.1) is 11.3 Å². The summed E-state index contributed by atoms with van der Waals surface area (Å²) in [6.07, 6.45) is 2.60. The molecule has 6 nitrogen and oxygen atoms in total. The number of hydrogen-bond donors (Lipinski definition) is 1. The number of ether oxygens (including phenoxy) is 2. The standard InChI is InChI=1S/C21H30N4O2S/c1-15(26-4)20-24-18(14-28-20)12-25(3)21(22-2)23-11-17-7-5-6-8-19(17)27-13-16-9-10-16/h5-8,14-16H,9-13H2,1-4H3,(H,22,23). The van der Waals surface area contributed by atoms with Crippen LogP contribution < -0.4 is 10.1 Å². The molecule has 1 aliphatic rings. The van der Waals surface area contributed by atoms with Crippen LogP contribution in [0, 0.1) is 5.92 Å². The van der Waals surface area contributed by atoms with Crippen molar-refractivity contribution in [1.82, 2.24) is 15.2 Å². The molecule has 3 rings (SSSR count). The smallest absolute Gasteiger partial charge is 0.194 e. The second-order valence-electron chi connectivity index (χ2n) is 7.17. The van der Waals surface area contributed by atoms with Gasteiger partial charge in [-0.2, -0.15) is 0 Å². The molecule has 1 saturated carbocycles. The van der Waals surface area contributed by atoms with Gasteiger partial charge in [-0.25, -0.2) is 4.98 Å². The lowest BCUT2D eigenvalue weighted by molar-refractivity contribution is 0.119. The molecule has 0 aliphatic heterocycles. The molecule has 1 unspecified atom stereocenters. The third-order valence-electron chi connectivity index (χ3n) is 4.82. The lowest BCUT2D eigenvalue weighted by Crippen LogP contribution is -2.38. The second-order valence-corrected chi connectivity index (χ2v) is 8.06. The fourth-order valence-corrected chi connectivity index (χ4v) is 3.68. The van der Waals surface area contributed by atoms with Crippen LogP contribution in [0.3, 0.4) is 0 Å². The van der Waals surface area contributed by atoms with E-state index < -0.39 is 0 Å². The van der Waals surface area contributed by atoms with Crippen molar-refractivity contribution in [2.45, 2.75) is 39.0 Å².